The number of carbonyl (C=O) groups excluding carboxylic acids is 2. The van der Waals surface area contributed by atoms with Gasteiger partial charge in [-0.05, 0) is 13.3 Å². The predicted molar refractivity (Wildman–Crippen MR) is 40.0 cm³/mol. The molecule has 0 aromatic heterocycles. The zero-order valence-electron chi connectivity index (χ0n) is 8.33. The molecule has 0 radical (unpaired) electrons. The number of carbonyl (C=O) groups is 2. The molecule has 70 valence electrons. The average Bonchev–Trinajstić information content (AvgIpc) is 1.99. The van der Waals surface area contributed by atoms with E-state index in [1.807, 2.05) is 0 Å². The molecular weight excluding hydrogens is 183 g/mol. The molecule has 0 N–H and O–H groups in total. The van der Waals surface area contributed by atoms with Gasteiger partial charge in [0, 0.05) is 0 Å². The molecule has 0 rings (SSSR count). The number of carboxylic acids is 1. The van der Waals surface area contributed by atoms with Crippen molar-refractivity contribution < 1.29 is 49.0 Å². The van der Waals surface area contributed by atoms with Gasteiger partial charge in [0.1, 0.15) is 0 Å². The number of hydrogen-bond acceptors (Lipinski definition) is 4. The molecular formula is C8H13NaO4. The monoisotopic (exact) mass is 196 g/mol. The molecule has 13 heavy (non-hydrogen) atoms. The normalized spacial score (nSPS) is 11.2. The molecule has 0 saturated carbocycles. The summed E-state index contributed by atoms with van der Waals surface area (Å²) in [5.74, 6) is -3.15. The van der Waals surface area contributed by atoms with Crippen molar-refractivity contribution in [2.75, 3.05) is 6.61 Å². The van der Waals surface area contributed by atoms with Gasteiger partial charge in [-0.25, -0.2) is 0 Å². The van der Waals surface area contributed by atoms with Crippen LogP contribution in [0.25, 0.3) is 0 Å². The summed E-state index contributed by atoms with van der Waals surface area (Å²) in [5, 5.41) is 10.4. The number of ether oxygens (including phenoxy) is 1. The SMILES string of the molecule is CCCC(C(=O)[O-])C(=O)OCC.[Na+]. The summed E-state index contributed by atoms with van der Waals surface area (Å²) in [6, 6.07) is 0. The third-order valence-electron chi connectivity index (χ3n) is 1.43. The first kappa shape index (κ1) is 15.4. The fourth-order valence-corrected chi connectivity index (χ4v) is 0.863. The Kier molecular flexibility index (Phi) is 10.1. The molecule has 0 aliphatic carbocycles. The maximum atomic E-state index is 10.9. The summed E-state index contributed by atoms with van der Waals surface area (Å²) in [7, 11) is 0. The van der Waals surface area contributed by atoms with Crippen LogP contribution in [0, 0.1) is 5.92 Å². The van der Waals surface area contributed by atoms with E-state index in [-0.39, 0.29) is 42.6 Å². The summed E-state index contributed by atoms with van der Waals surface area (Å²) >= 11 is 0. The molecule has 1 atom stereocenters. The summed E-state index contributed by atoms with van der Waals surface area (Å²) in [4.78, 5) is 21.3. The van der Waals surface area contributed by atoms with Crippen molar-refractivity contribution in [3.8, 4) is 0 Å². The number of esters is 1. The first-order chi connectivity index (χ1) is 5.63. The Bertz CT molecular complexity index is 170. The molecule has 0 saturated heterocycles. The quantitative estimate of drug-likeness (QED) is 0.263. The minimum atomic E-state index is -1.35. The molecule has 0 bridgehead atoms. The largest absolute Gasteiger partial charge is 1.00 e. The molecule has 1 unspecified atom stereocenters. The van der Waals surface area contributed by atoms with Crippen LogP contribution in [0.1, 0.15) is 26.7 Å². The van der Waals surface area contributed by atoms with Crippen molar-refractivity contribution in [3.05, 3.63) is 0 Å². The van der Waals surface area contributed by atoms with Crippen molar-refractivity contribution in [1.82, 2.24) is 0 Å². The Balaban J connectivity index is 0. The van der Waals surface area contributed by atoms with E-state index in [1.165, 1.54) is 0 Å². The number of rotatable bonds is 5. The van der Waals surface area contributed by atoms with E-state index in [4.69, 9.17) is 0 Å². The van der Waals surface area contributed by atoms with Gasteiger partial charge in [0.05, 0.1) is 18.5 Å². The van der Waals surface area contributed by atoms with E-state index in [0.29, 0.717) is 6.42 Å². The maximum absolute atomic E-state index is 10.9. The second-order valence-electron chi connectivity index (χ2n) is 2.41. The molecule has 0 spiro atoms. The Hall–Kier alpha value is -0.0600. The summed E-state index contributed by atoms with van der Waals surface area (Å²) in [5.41, 5.74) is 0. The maximum Gasteiger partial charge on any atom is 1.00 e. The van der Waals surface area contributed by atoms with Gasteiger partial charge in [0.15, 0.2) is 0 Å². The summed E-state index contributed by atoms with van der Waals surface area (Å²) in [6.45, 7) is 3.64. The van der Waals surface area contributed by atoms with Crippen LogP contribution in [-0.4, -0.2) is 18.5 Å². The minimum Gasteiger partial charge on any atom is -0.549 e. The molecule has 0 fully saturated rings. The van der Waals surface area contributed by atoms with Gasteiger partial charge in [0.2, 0.25) is 0 Å². The number of hydrogen-bond donors (Lipinski definition) is 0. The molecule has 0 aromatic rings. The number of carboxylic acid groups (broad SMARTS) is 1. The summed E-state index contributed by atoms with van der Waals surface area (Å²) < 4.78 is 4.56. The van der Waals surface area contributed by atoms with Crippen LogP contribution in [0.15, 0.2) is 0 Å². The number of aliphatic carboxylic acids is 1. The molecule has 0 aromatic carbocycles. The molecule has 4 nitrogen and oxygen atoms in total. The molecule has 0 aliphatic rings. The van der Waals surface area contributed by atoms with Crippen LogP contribution in [-0.2, 0) is 14.3 Å². The van der Waals surface area contributed by atoms with Gasteiger partial charge >= 0.3 is 35.5 Å². The van der Waals surface area contributed by atoms with Crippen LogP contribution in [0.4, 0.5) is 0 Å². The topological polar surface area (TPSA) is 66.4 Å². The first-order valence-corrected chi connectivity index (χ1v) is 4.00. The van der Waals surface area contributed by atoms with Gasteiger partial charge in [-0.2, -0.15) is 0 Å². The Labute approximate surface area is 99.9 Å². The average molecular weight is 196 g/mol. The first-order valence-electron chi connectivity index (χ1n) is 4.00. The van der Waals surface area contributed by atoms with E-state index >= 15 is 0 Å². The molecule has 0 aliphatic heterocycles. The van der Waals surface area contributed by atoms with Crippen molar-refractivity contribution in [3.63, 3.8) is 0 Å². The van der Waals surface area contributed by atoms with Crippen LogP contribution in [0.3, 0.4) is 0 Å². The second-order valence-corrected chi connectivity index (χ2v) is 2.41. The molecule has 0 heterocycles. The Morgan fingerprint density at radius 1 is 1.38 bits per heavy atom. The second kappa shape index (κ2) is 8.53. The van der Waals surface area contributed by atoms with Crippen LogP contribution in [0.2, 0.25) is 0 Å². The molecule has 0 amide bonds. The van der Waals surface area contributed by atoms with Crippen molar-refractivity contribution in [2.45, 2.75) is 26.7 Å². The summed E-state index contributed by atoms with van der Waals surface area (Å²) in [6.07, 6.45) is 0.901. The van der Waals surface area contributed by atoms with Gasteiger partial charge in [-0.1, -0.05) is 13.3 Å². The minimum absolute atomic E-state index is 0. The third-order valence-corrected chi connectivity index (χ3v) is 1.43. The van der Waals surface area contributed by atoms with Gasteiger partial charge < -0.3 is 14.6 Å². The van der Waals surface area contributed by atoms with Crippen molar-refractivity contribution >= 4 is 11.9 Å². The zero-order valence-corrected chi connectivity index (χ0v) is 10.3. The fourth-order valence-electron chi connectivity index (χ4n) is 0.863. The van der Waals surface area contributed by atoms with Crippen LogP contribution >= 0.6 is 0 Å². The fraction of sp³-hybridized carbons (Fsp3) is 0.750. The van der Waals surface area contributed by atoms with E-state index in [0.717, 1.165) is 0 Å². The van der Waals surface area contributed by atoms with Crippen molar-refractivity contribution in [2.24, 2.45) is 5.92 Å². The van der Waals surface area contributed by atoms with E-state index in [2.05, 4.69) is 4.74 Å². The Morgan fingerprint density at radius 2 is 1.92 bits per heavy atom. The predicted octanol–water partition coefficient (Wildman–Crippen LogP) is -3.28. The van der Waals surface area contributed by atoms with Crippen LogP contribution < -0.4 is 34.7 Å². The van der Waals surface area contributed by atoms with Gasteiger partial charge in [-0.15, -0.1) is 0 Å². The van der Waals surface area contributed by atoms with E-state index in [9.17, 15) is 14.7 Å². The van der Waals surface area contributed by atoms with E-state index in [1.54, 1.807) is 13.8 Å². The van der Waals surface area contributed by atoms with Crippen molar-refractivity contribution in [1.29, 1.82) is 0 Å². The molecule has 5 heteroatoms. The van der Waals surface area contributed by atoms with Crippen LogP contribution in [0.5, 0.6) is 0 Å². The zero-order chi connectivity index (χ0) is 9.56. The Morgan fingerprint density at radius 3 is 2.23 bits per heavy atom. The standard InChI is InChI=1S/C8H14O4.Na/c1-3-5-6(7(9)10)8(11)12-4-2;/h6H,3-5H2,1-2H3,(H,9,10);/q;+1/p-1. The van der Waals surface area contributed by atoms with Gasteiger partial charge in [0.25, 0.3) is 0 Å². The van der Waals surface area contributed by atoms with Gasteiger partial charge in [-0.3, -0.25) is 4.79 Å². The third kappa shape index (κ3) is 6.07. The van der Waals surface area contributed by atoms with E-state index < -0.39 is 17.9 Å². The smallest absolute Gasteiger partial charge is 0.549 e.